The zero-order valence-corrected chi connectivity index (χ0v) is 8.66. The zero-order valence-electron chi connectivity index (χ0n) is 8.66. The summed E-state index contributed by atoms with van der Waals surface area (Å²) in [6.07, 6.45) is 2.82. The molecule has 1 aliphatic rings. The standard InChI is InChI=1S/C11H13N3O/c1-14-3-2-8(7-14)10-4-9(5-12)11(15)13-6-10/h4,6,8H,2-3,7H2,1H3,(H,13,15). The minimum absolute atomic E-state index is 0.210. The topological polar surface area (TPSA) is 59.9 Å². The third-order valence-corrected chi connectivity index (χ3v) is 2.91. The first-order valence-corrected chi connectivity index (χ1v) is 5.02. The van der Waals surface area contributed by atoms with E-state index in [2.05, 4.69) is 16.9 Å². The van der Waals surface area contributed by atoms with Crippen molar-refractivity contribution in [2.24, 2.45) is 0 Å². The van der Waals surface area contributed by atoms with Crippen molar-refractivity contribution in [1.82, 2.24) is 9.88 Å². The van der Waals surface area contributed by atoms with Gasteiger partial charge in [-0.1, -0.05) is 0 Å². The highest BCUT2D eigenvalue weighted by molar-refractivity contribution is 5.31. The molecule has 1 aromatic heterocycles. The number of likely N-dealkylation sites (tertiary alicyclic amines) is 1. The molecule has 0 aromatic carbocycles. The van der Waals surface area contributed by atoms with Gasteiger partial charge in [0.15, 0.2) is 0 Å². The quantitative estimate of drug-likeness (QED) is 0.729. The average Bonchev–Trinajstić information content (AvgIpc) is 2.66. The second kappa shape index (κ2) is 3.87. The number of aromatic amines is 1. The molecule has 15 heavy (non-hydrogen) atoms. The molecule has 0 saturated carbocycles. The number of H-pyrrole nitrogens is 1. The van der Waals surface area contributed by atoms with Crippen LogP contribution >= 0.6 is 0 Å². The Kier molecular flexibility index (Phi) is 2.57. The molecule has 4 heteroatoms. The summed E-state index contributed by atoms with van der Waals surface area (Å²) in [6.45, 7) is 2.07. The SMILES string of the molecule is CN1CCC(c2c[nH]c(=O)c(C#N)c2)C1. The van der Waals surface area contributed by atoms with E-state index in [1.807, 2.05) is 6.07 Å². The molecule has 1 unspecified atom stereocenters. The number of hydrogen-bond acceptors (Lipinski definition) is 3. The molecule has 0 aliphatic carbocycles. The third kappa shape index (κ3) is 1.92. The van der Waals surface area contributed by atoms with Crippen LogP contribution in [0.4, 0.5) is 0 Å². The number of nitriles is 1. The van der Waals surface area contributed by atoms with Crippen LogP contribution in [0.25, 0.3) is 0 Å². The molecule has 2 heterocycles. The van der Waals surface area contributed by atoms with Gasteiger partial charge in [-0.05, 0) is 37.6 Å². The average molecular weight is 203 g/mol. The maximum absolute atomic E-state index is 11.2. The molecule has 0 spiro atoms. The Bertz CT molecular complexity index is 458. The van der Waals surface area contributed by atoms with E-state index >= 15 is 0 Å². The van der Waals surface area contributed by atoms with Crippen LogP contribution in [0.2, 0.25) is 0 Å². The van der Waals surface area contributed by atoms with Crippen LogP contribution < -0.4 is 5.56 Å². The highest BCUT2D eigenvalue weighted by Gasteiger charge is 2.21. The number of nitrogens with zero attached hydrogens (tertiary/aromatic N) is 2. The van der Waals surface area contributed by atoms with Crippen LogP contribution in [0.3, 0.4) is 0 Å². The van der Waals surface area contributed by atoms with Gasteiger partial charge in [-0.15, -0.1) is 0 Å². The fourth-order valence-corrected chi connectivity index (χ4v) is 2.03. The fraction of sp³-hybridized carbons (Fsp3) is 0.455. The van der Waals surface area contributed by atoms with Gasteiger partial charge in [0.25, 0.3) is 5.56 Å². The van der Waals surface area contributed by atoms with Crippen molar-refractivity contribution >= 4 is 0 Å². The Morgan fingerprint density at radius 2 is 2.47 bits per heavy atom. The lowest BCUT2D eigenvalue weighted by Crippen LogP contribution is -2.15. The Morgan fingerprint density at radius 1 is 1.67 bits per heavy atom. The highest BCUT2D eigenvalue weighted by Crippen LogP contribution is 2.25. The number of likely N-dealkylation sites (N-methyl/N-ethyl adjacent to an activating group) is 1. The number of rotatable bonds is 1. The van der Waals surface area contributed by atoms with E-state index in [0.29, 0.717) is 5.92 Å². The van der Waals surface area contributed by atoms with Crippen molar-refractivity contribution < 1.29 is 0 Å². The van der Waals surface area contributed by atoms with Crippen molar-refractivity contribution in [3.05, 3.63) is 33.7 Å². The van der Waals surface area contributed by atoms with E-state index in [4.69, 9.17) is 5.26 Å². The van der Waals surface area contributed by atoms with Gasteiger partial charge in [-0.2, -0.15) is 5.26 Å². The van der Waals surface area contributed by atoms with Gasteiger partial charge < -0.3 is 9.88 Å². The Hall–Kier alpha value is -1.60. The van der Waals surface area contributed by atoms with E-state index in [0.717, 1.165) is 25.1 Å². The molecule has 78 valence electrons. The number of pyridine rings is 1. The highest BCUT2D eigenvalue weighted by atomic mass is 16.1. The van der Waals surface area contributed by atoms with Gasteiger partial charge in [0.1, 0.15) is 11.6 Å². The van der Waals surface area contributed by atoms with E-state index in [-0.39, 0.29) is 11.1 Å². The van der Waals surface area contributed by atoms with Crippen molar-refractivity contribution in [2.45, 2.75) is 12.3 Å². The molecule has 1 saturated heterocycles. The molecule has 1 N–H and O–H groups in total. The van der Waals surface area contributed by atoms with E-state index < -0.39 is 0 Å². The van der Waals surface area contributed by atoms with Crippen molar-refractivity contribution in [3.63, 3.8) is 0 Å². The number of aromatic nitrogens is 1. The van der Waals surface area contributed by atoms with E-state index in [9.17, 15) is 4.79 Å². The van der Waals surface area contributed by atoms with Crippen LogP contribution in [0.15, 0.2) is 17.1 Å². The van der Waals surface area contributed by atoms with Crippen LogP contribution in [-0.4, -0.2) is 30.0 Å². The lowest BCUT2D eigenvalue weighted by Gasteiger charge is -2.10. The molecule has 4 nitrogen and oxygen atoms in total. The predicted molar refractivity (Wildman–Crippen MR) is 56.6 cm³/mol. The van der Waals surface area contributed by atoms with E-state index in [1.54, 1.807) is 12.3 Å². The van der Waals surface area contributed by atoms with Crippen molar-refractivity contribution in [2.75, 3.05) is 20.1 Å². The molecule has 1 atom stereocenters. The van der Waals surface area contributed by atoms with Gasteiger partial charge in [-0.3, -0.25) is 4.79 Å². The number of nitrogens with one attached hydrogen (secondary N) is 1. The van der Waals surface area contributed by atoms with Gasteiger partial charge in [0.2, 0.25) is 0 Å². The summed E-state index contributed by atoms with van der Waals surface area (Å²) in [4.78, 5) is 16.1. The molecule has 0 bridgehead atoms. The monoisotopic (exact) mass is 203 g/mol. The lowest BCUT2D eigenvalue weighted by atomic mass is 9.99. The molecular weight excluding hydrogens is 190 g/mol. The van der Waals surface area contributed by atoms with Crippen LogP contribution in [-0.2, 0) is 0 Å². The predicted octanol–water partition coefficient (Wildman–Crippen LogP) is 0.666. The lowest BCUT2D eigenvalue weighted by molar-refractivity contribution is 0.411. The summed E-state index contributed by atoms with van der Waals surface area (Å²) in [6, 6.07) is 3.62. The Morgan fingerprint density at radius 3 is 3.07 bits per heavy atom. The van der Waals surface area contributed by atoms with Crippen molar-refractivity contribution in [3.8, 4) is 6.07 Å². The summed E-state index contributed by atoms with van der Waals surface area (Å²) >= 11 is 0. The summed E-state index contributed by atoms with van der Waals surface area (Å²) in [5, 5.41) is 8.76. The molecule has 1 aromatic rings. The Labute approximate surface area is 88.1 Å². The largest absolute Gasteiger partial charge is 0.328 e. The summed E-state index contributed by atoms with van der Waals surface area (Å²) < 4.78 is 0. The van der Waals surface area contributed by atoms with Crippen LogP contribution in [0.5, 0.6) is 0 Å². The van der Waals surface area contributed by atoms with Crippen LogP contribution in [0.1, 0.15) is 23.5 Å². The first kappa shape index (κ1) is 9.94. The van der Waals surface area contributed by atoms with Gasteiger partial charge in [0.05, 0.1) is 0 Å². The van der Waals surface area contributed by atoms with Gasteiger partial charge >= 0.3 is 0 Å². The van der Waals surface area contributed by atoms with Gasteiger partial charge in [0, 0.05) is 12.7 Å². The molecule has 0 radical (unpaired) electrons. The molecule has 1 aliphatic heterocycles. The van der Waals surface area contributed by atoms with Crippen molar-refractivity contribution in [1.29, 1.82) is 5.26 Å². The zero-order chi connectivity index (χ0) is 10.8. The van der Waals surface area contributed by atoms with Crippen LogP contribution in [0, 0.1) is 11.3 Å². The third-order valence-electron chi connectivity index (χ3n) is 2.91. The first-order chi connectivity index (χ1) is 7.20. The minimum Gasteiger partial charge on any atom is -0.328 e. The smallest absolute Gasteiger partial charge is 0.265 e. The second-order valence-corrected chi connectivity index (χ2v) is 4.04. The maximum Gasteiger partial charge on any atom is 0.265 e. The summed E-state index contributed by atoms with van der Waals surface area (Å²) in [5.41, 5.74) is 0.977. The molecule has 1 fully saturated rings. The summed E-state index contributed by atoms with van der Waals surface area (Å²) in [5.74, 6) is 0.443. The second-order valence-electron chi connectivity index (χ2n) is 4.04. The number of hydrogen-bond donors (Lipinski definition) is 1. The van der Waals surface area contributed by atoms with E-state index in [1.165, 1.54) is 0 Å². The summed E-state index contributed by atoms with van der Waals surface area (Å²) in [7, 11) is 2.08. The maximum atomic E-state index is 11.2. The Balaban J connectivity index is 2.30. The molecule has 0 amide bonds. The van der Waals surface area contributed by atoms with Gasteiger partial charge in [-0.25, -0.2) is 0 Å². The normalized spacial score (nSPS) is 21.5. The molecular formula is C11H13N3O. The minimum atomic E-state index is -0.299. The fourth-order valence-electron chi connectivity index (χ4n) is 2.03. The first-order valence-electron chi connectivity index (χ1n) is 5.02. The molecule has 2 rings (SSSR count).